The number of benzene rings is 1. The lowest BCUT2D eigenvalue weighted by molar-refractivity contribution is -0.127. The number of carbonyl (C=O) groups is 1. The van der Waals surface area contributed by atoms with E-state index < -0.39 is 0 Å². The monoisotopic (exact) mass is 423 g/mol. The van der Waals surface area contributed by atoms with E-state index in [2.05, 4.69) is 30.9 Å². The third kappa shape index (κ3) is 4.65. The number of hydrogen-bond acceptors (Lipinski definition) is 6. The molecular formula is C23H33N7O. The molecule has 2 aliphatic heterocycles. The smallest absolute Gasteiger partial charge is 0.237 e. The van der Waals surface area contributed by atoms with Crippen LogP contribution in [0.4, 0.5) is 0 Å². The predicted molar refractivity (Wildman–Crippen MR) is 118 cm³/mol. The van der Waals surface area contributed by atoms with Gasteiger partial charge in [0.15, 0.2) is 0 Å². The largest absolute Gasteiger partial charge is 0.352 e. The molecule has 2 N–H and O–H groups in total. The maximum absolute atomic E-state index is 13.1. The molecule has 0 radical (unpaired) electrons. The summed E-state index contributed by atoms with van der Waals surface area (Å²) in [5.74, 6) is 0.917. The summed E-state index contributed by atoms with van der Waals surface area (Å²) >= 11 is 0. The van der Waals surface area contributed by atoms with Crippen molar-refractivity contribution in [2.24, 2.45) is 0 Å². The van der Waals surface area contributed by atoms with E-state index in [4.69, 9.17) is 0 Å². The molecular weight excluding hydrogens is 390 g/mol. The molecule has 8 nitrogen and oxygen atoms in total. The van der Waals surface area contributed by atoms with Gasteiger partial charge >= 0.3 is 0 Å². The number of amides is 1. The molecule has 3 fully saturated rings. The van der Waals surface area contributed by atoms with Gasteiger partial charge in [-0.2, -0.15) is 4.80 Å². The maximum atomic E-state index is 13.1. The molecule has 3 aliphatic rings. The second-order valence-electron chi connectivity index (χ2n) is 9.19. The molecule has 3 heterocycles. The van der Waals surface area contributed by atoms with E-state index in [0.29, 0.717) is 11.9 Å². The first-order valence-corrected chi connectivity index (χ1v) is 11.9. The molecule has 2 saturated heterocycles. The SMILES string of the molecule is O=C(NC1CCC(n2nnc(-c3ccccc3)n2)CC1)[C@@H]1CCCN1C1CCNCC1. The van der Waals surface area contributed by atoms with Crippen molar-refractivity contribution in [1.82, 2.24) is 35.7 Å². The Morgan fingerprint density at radius 3 is 2.52 bits per heavy atom. The number of piperidine rings is 1. The lowest BCUT2D eigenvalue weighted by atomic mass is 9.91. The molecule has 1 saturated carbocycles. The van der Waals surface area contributed by atoms with Crippen LogP contribution in [0.3, 0.4) is 0 Å². The summed E-state index contributed by atoms with van der Waals surface area (Å²) in [6.45, 7) is 3.21. The van der Waals surface area contributed by atoms with Crippen molar-refractivity contribution in [2.45, 2.75) is 75.5 Å². The van der Waals surface area contributed by atoms with Crippen LogP contribution < -0.4 is 10.6 Å². The van der Waals surface area contributed by atoms with Gasteiger partial charge < -0.3 is 10.6 Å². The first-order valence-electron chi connectivity index (χ1n) is 11.9. The molecule has 0 spiro atoms. The normalized spacial score (nSPS) is 27.9. The second kappa shape index (κ2) is 9.44. The Kier molecular flexibility index (Phi) is 6.27. The Hall–Kier alpha value is -2.32. The van der Waals surface area contributed by atoms with E-state index in [1.807, 2.05) is 30.3 Å². The van der Waals surface area contributed by atoms with Crippen LogP contribution in [0.1, 0.15) is 57.4 Å². The Morgan fingerprint density at radius 1 is 0.968 bits per heavy atom. The quantitative estimate of drug-likeness (QED) is 0.766. The standard InChI is InChI=1S/C23H33N7O/c31-23(21-7-4-16-29(21)19-12-14-24-15-13-19)25-18-8-10-20(11-9-18)30-27-22(26-28-30)17-5-2-1-3-6-17/h1-3,5-6,18-21,24H,4,7-16H2,(H,25,31)/t18?,20?,21-/m0/s1. The van der Waals surface area contributed by atoms with Crippen molar-refractivity contribution in [1.29, 1.82) is 0 Å². The number of nitrogens with one attached hydrogen (secondary N) is 2. The van der Waals surface area contributed by atoms with Gasteiger partial charge in [-0.3, -0.25) is 9.69 Å². The Morgan fingerprint density at radius 2 is 1.74 bits per heavy atom. The highest BCUT2D eigenvalue weighted by molar-refractivity contribution is 5.82. The third-order valence-corrected chi connectivity index (χ3v) is 7.20. The zero-order chi connectivity index (χ0) is 21.0. The highest BCUT2D eigenvalue weighted by Crippen LogP contribution is 2.29. The van der Waals surface area contributed by atoms with Crippen molar-refractivity contribution in [3.05, 3.63) is 30.3 Å². The molecule has 2 aromatic rings. The minimum Gasteiger partial charge on any atom is -0.352 e. The van der Waals surface area contributed by atoms with Gasteiger partial charge in [0.25, 0.3) is 0 Å². The highest BCUT2D eigenvalue weighted by Gasteiger charge is 2.37. The molecule has 166 valence electrons. The zero-order valence-electron chi connectivity index (χ0n) is 18.1. The fourth-order valence-electron chi connectivity index (χ4n) is 5.48. The maximum Gasteiger partial charge on any atom is 0.237 e. The summed E-state index contributed by atoms with van der Waals surface area (Å²) in [4.78, 5) is 17.3. The Balaban J connectivity index is 1.13. The Bertz CT molecular complexity index is 856. The zero-order valence-corrected chi connectivity index (χ0v) is 18.1. The summed E-state index contributed by atoms with van der Waals surface area (Å²) in [6, 6.07) is 11.1. The van der Waals surface area contributed by atoms with Crippen LogP contribution in [0.2, 0.25) is 0 Å². The van der Waals surface area contributed by atoms with Crippen molar-refractivity contribution in [2.75, 3.05) is 19.6 Å². The van der Waals surface area contributed by atoms with Crippen LogP contribution in [-0.4, -0.2) is 68.8 Å². The number of likely N-dealkylation sites (tertiary alicyclic amines) is 1. The van der Waals surface area contributed by atoms with Gasteiger partial charge in [-0.15, -0.1) is 10.2 Å². The van der Waals surface area contributed by atoms with Crippen molar-refractivity contribution in [3.63, 3.8) is 0 Å². The lowest BCUT2D eigenvalue weighted by Gasteiger charge is -2.36. The first kappa shape index (κ1) is 20.6. The number of nitrogens with zero attached hydrogens (tertiary/aromatic N) is 5. The molecule has 0 unspecified atom stereocenters. The lowest BCUT2D eigenvalue weighted by Crippen LogP contribution is -2.52. The molecule has 8 heteroatoms. The summed E-state index contributed by atoms with van der Waals surface area (Å²) in [5, 5.41) is 20.0. The van der Waals surface area contributed by atoms with E-state index >= 15 is 0 Å². The van der Waals surface area contributed by atoms with Gasteiger partial charge in [0.2, 0.25) is 11.7 Å². The van der Waals surface area contributed by atoms with E-state index in [1.165, 1.54) is 0 Å². The number of tetrazole rings is 1. The summed E-state index contributed by atoms with van der Waals surface area (Å²) < 4.78 is 0. The van der Waals surface area contributed by atoms with E-state index in [-0.39, 0.29) is 24.0 Å². The summed E-state index contributed by atoms with van der Waals surface area (Å²) in [7, 11) is 0. The Labute approximate surface area is 183 Å². The van der Waals surface area contributed by atoms with Crippen molar-refractivity contribution >= 4 is 5.91 Å². The predicted octanol–water partition coefficient (Wildman–Crippen LogP) is 2.16. The van der Waals surface area contributed by atoms with Crippen LogP contribution in [0.5, 0.6) is 0 Å². The molecule has 1 aromatic carbocycles. The molecule has 1 aromatic heterocycles. The topological polar surface area (TPSA) is 88.0 Å². The van der Waals surface area contributed by atoms with Crippen LogP contribution in [0.25, 0.3) is 11.4 Å². The van der Waals surface area contributed by atoms with Crippen LogP contribution in [-0.2, 0) is 4.79 Å². The molecule has 1 atom stereocenters. The fraction of sp³-hybridized carbons (Fsp3) is 0.652. The van der Waals surface area contributed by atoms with Crippen LogP contribution in [0.15, 0.2) is 30.3 Å². The summed E-state index contributed by atoms with van der Waals surface area (Å²) in [6.07, 6.45) is 8.33. The van der Waals surface area contributed by atoms with Gasteiger partial charge in [-0.05, 0) is 76.2 Å². The number of rotatable bonds is 5. The summed E-state index contributed by atoms with van der Waals surface area (Å²) in [5.41, 5.74) is 0.990. The fourth-order valence-corrected chi connectivity index (χ4v) is 5.48. The number of carbonyl (C=O) groups excluding carboxylic acids is 1. The van der Waals surface area contributed by atoms with Crippen LogP contribution in [0, 0.1) is 0 Å². The van der Waals surface area contributed by atoms with E-state index in [9.17, 15) is 4.79 Å². The van der Waals surface area contributed by atoms with Crippen molar-refractivity contribution in [3.8, 4) is 11.4 Å². The average Bonchev–Trinajstić information content (AvgIpc) is 3.51. The van der Waals surface area contributed by atoms with Gasteiger partial charge in [0, 0.05) is 17.6 Å². The third-order valence-electron chi connectivity index (χ3n) is 7.20. The molecule has 1 amide bonds. The van der Waals surface area contributed by atoms with Gasteiger partial charge in [0.1, 0.15) is 0 Å². The van der Waals surface area contributed by atoms with Gasteiger partial charge in [-0.1, -0.05) is 30.3 Å². The number of aromatic nitrogens is 4. The van der Waals surface area contributed by atoms with Crippen molar-refractivity contribution < 1.29 is 4.79 Å². The van der Waals surface area contributed by atoms with E-state index in [0.717, 1.165) is 76.6 Å². The van der Waals surface area contributed by atoms with Gasteiger partial charge in [0.05, 0.1) is 12.1 Å². The molecule has 1 aliphatic carbocycles. The van der Waals surface area contributed by atoms with Gasteiger partial charge in [-0.25, -0.2) is 0 Å². The van der Waals surface area contributed by atoms with Crippen LogP contribution >= 0.6 is 0 Å². The minimum atomic E-state index is 0.0613. The molecule has 31 heavy (non-hydrogen) atoms. The van der Waals surface area contributed by atoms with E-state index in [1.54, 1.807) is 4.80 Å². The molecule has 0 bridgehead atoms. The second-order valence-corrected chi connectivity index (χ2v) is 9.19. The minimum absolute atomic E-state index is 0.0613. The number of hydrogen-bond donors (Lipinski definition) is 2. The first-order chi connectivity index (χ1) is 15.3. The highest BCUT2D eigenvalue weighted by atomic mass is 16.2. The average molecular weight is 424 g/mol. The molecule has 5 rings (SSSR count).